The van der Waals surface area contributed by atoms with E-state index >= 15 is 0 Å². The van der Waals surface area contributed by atoms with E-state index in [4.69, 9.17) is 10.1 Å². The molecule has 0 radical (unpaired) electrons. The van der Waals surface area contributed by atoms with Gasteiger partial charge in [-0.05, 0) is 6.07 Å². The molecule has 1 aromatic rings. The zero-order chi connectivity index (χ0) is 13.6. The Morgan fingerprint density at radius 3 is 3.05 bits per heavy atom. The molecule has 0 amide bonds. The molecule has 102 valence electrons. The van der Waals surface area contributed by atoms with Gasteiger partial charge in [0.05, 0.1) is 31.6 Å². The summed E-state index contributed by atoms with van der Waals surface area (Å²) in [5, 5.41) is 10.4. The third kappa shape index (κ3) is 1.73. The molecule has 2 aliphatic heterocycles. The smallest absolute Gasteiger partial charge is 0.234 e. The Morgan fingerprint density at radius 2 is 2.32 bits per heavy atom. The van der Waals surface area contributed by atoms with Gasteiger partial charge in [-0.1, -0.05) is 18.2 Å². The summed E-state index contributed by atoms with van der Waals surface area (Å²) in [6.45, 7) is 0.492. The molecule has 3 atom stereocenters. The van der Waals surface area contributed by atoms with Gasteiger partial charge in [-0.25, -0.2) is 4.39 Å². The Kier molecular flexibility index (Phi) is 2.92. The predicted molar refractivity (Wildman–Crippen MR) is 69.5 cm³/mol. The highest BCUT2D eigenvalue weighted by molar-refractivity contribution is 7.90. The lowest BCUT2D eigenvalue weighted by Crippen LogP contribution is -2.67. The van der Waals surface area contributed by atoms with Gasteiger partial charge in [0.1, 0.15) is 11.4 Å². The van der Waals surface area contributed by atoms with E-state index in [1.54, 1.807) is 25.2 Å². The van der Waals surface area contributed by atoms with Crippen molar-refractivity contribution in [2.24, 2.45) is 0 Å². The van der Waals surface area contributed by atoms with E-state index in [0.717, 1.165) is 0 Å². The van der Waals surface area contributed by atoms with Crippen molar-refractivity contribution in [2.75, 3.05) is 20.3 Å². The van der Waals surface area contributed by atoms with Gasteiger partial charge < -0.3 is 14.6 Å². The summed E-state index contributed by atoms with van der Waals surface area (Å²) < 4.78 is 33.2. The first-order chi connectivity index (χ1) is 9.06. The van der Waals surface area contributed by atoms with Crippen molar-refractivity contribution in [2.45, 2.75) is 10.8 Å². The Labute approximate surface area is 113 Å². The quantitative estimate of drug-likeness (QED) is 0.739. The monoisotopic (exact) mass is 283 g/mol. The Hall–Kier alpha value is -1.31. The molecule has 19 heavy (non-hydrogen) atoms. The molecule has 2 N–H and O–H groups in total. The third-order valence-electron chi connectivity index (χ3n) is 3.67. The maximum atomic E-state index is 14.1. The average molecular weight is 283 g/mol. The van der Waals surface area contributed by atoms with Crippen molar-refractivity contribution in [3.05, 3.63) is 35.6 Å². The van der Waals surface area contributed by atoms with Gasteiger partial charge in [-0.3, -0.25) is 5.41 Å². The number of ether oxygens (including phenoxy) is 1. The number of guanidine groups is 1. The van der Waals surface area contributed by atoms with Gasteiger partial charge in [0.15, 0.2) is 5.25 Å². The summed E-state index contributed by atoms with van der Waals surface area (Å²) in [5.74, 6) is -0.358. The molecule has 2 fully saturated rings. The number of halogens is 1. The van der Waals surface area contributed by atoms with Gasteiger partial charge in [-0.15, -0.1) is 0 Å². The average Bonchev–Trinajstić information content (AvgIpc) is 2.81. The Morgan fingerprint density at radius 1 is 1.58 bits per heavy atom. The molecule has 0 aliphatic carbocycles. The lowest BCUT2D eigenvalue weighted by atomic mass is 9.88. The predicted octanol–water partition coefficient (Wildman–Crippen LogP) is 0.553. The summed E-state index contributed by atoms with van der Waals surface area (Å²) in [6, 6.07) is 6.36. The van der Waals surface area contributed by atoms with Crippen molar-refractivity contribution >= 4 is 17.3 Å². The van der Waals surface area contributed by atoms with Crippen LogP contribution < -0.4 is 5.32 Å². The zero-order valence-electron chi connectivity index (χ0n) is 10.4. The number of hydrogen-bond acceptors (Lipinski definition) is 3. The van der Waals surface area contributed by atoms with Crippen LogP contribution in [0.4, 0.5) is 4.39 Å². The van der Waals surface area contributed by atoms with Crippen LogP contribution in [0, 0.1) is 11.2 Å². The maximum absolute atomic E-state index is 14.1. The minimum atomic E-state index is -1.41. The Balaban J connectivity index is 2.11. The summed E-state index contributed by atoms with van der Waals surface area (Å²) in [5.41, 5.74) is -0.511. The minimum absolute atomic E-state index is 0.0170. The SMILES string of the molecule is CN1C(=N)NC2(c3ccccc3F)COCC2[S+]1[O-]. The van der Waals surface area contributed by atoms with Crippen LogP contribution in [0.5, 0.6) is 0 Å². The van der Waals surface area contributed by atoms with Crippen LogP contribution in [0.15, 0.2) is 24.3 Å². The van der Waals surface area contributed by atoms with Crippen molar-refractivity contribution in [3.63, 3.8) is 0 Å². The van der Waals surface area contributed by atoms with Gasteiger partial charge in [0, 0.05) is 5.56 Å². The van der Waals surface area contributed by atoms with E-state index in [1.165, 1.54) is 10.4 Å². The van der Waals surface area contributed by atoms with Crippen LogP contribution in [-0.2, 0) is 21.6 Å². The highest BCUT2D eigenvalue weighted by Gasteiger charge is 2.59. The molecule has 0 bridgehead atoms. The van der Waals surface area contributed by atoms with Gasteiger partial charge >= 0.3 is 0 Å². The molecule has 2 aliphatic rings. The summed E-state index contributed by atoms with van der Waals surface area (Å²) >= 11 is -1.41. The molecule has 7 heteroatoms. The molecule has 5 nitrogen and oxygen atoms in total. The standard InChI is InChI=1S/C12H14FN3O2S/c1-16-11(14)15-12(7-18-6-10(12)19(16)17)8-4-2-3-5-9(8)13/h2-5,10H,6-7H2,1H3,(H2,14,15). The van der Waals surface area contributed by atoms with Crippen LogP contribution in [0.3, 0.4) is 0 Å². The molecule has 3 rings (SSSR count). The number of benzene rings is 1. The van der Waals surface area contributed by atoms with E-state index in [0.29, 0.717) is 5.56 Å². The number of nitrogens with one attached hydrogen (secondary N) is 2. The van der Waals surface area contributed by atoms with Crippen LogP contribution >= 0.6 is 0 Å². The van der Waals surface area contributed by atoms with Crippen molar-refractivity contribution in [3.8, 4) is 0 Å². The number of rotatable bonds is 1. The second kappa shape index (κ2) is 4.36. The molecule has 0 saturated carbocycles. The van der Waals surface area contributed by atoms with Crippen molar-refractivity contribution in [1.82, 2.24) is 9.62 Å². The zero-order valence-corrected chi connectivity index (χ0v) is 11.2. The fourth-order valence-electron chi connectivity index (χ4n) is 2.62. The maximum Gasteiger partial charge on any atom is 0.234 e. The van der Waals surface area contributed by atoms with E-state index in [2.05, 4.69) is 5.32 Å². The number of nitrogens with zero attached hydrogens (tertiary/aromatic N) is 1. The van der Waals surface area contributed by atoms with E-state index in [1.807, 2.05) is 0 Å². The van der Waals surface area contributed by atoms with E-state index in [-0.39, 0.29) is 25.0 Å². The molecule has 2 saturated heterocycles. The van der Waals surface area contributed by atoms with Crippen molar-refractivity contribution < 1.29 is 13.7 Å². The highest BCUT2D eigenvalue weighted by atomic mass is 32.2. The fraction of sp³-hybridized carbons (Fsp3) is 0.417. The fourth-order valence-corrected chi connectivity index (χ4v) is 4.04. The number of fused-ring (bicyclic) bond motifs is 1. The molecule has 2 heterocycles. The van der Waals surface area contributed by atoms with Gasteiger partial charge in [0.25, 0.3) is 0 Å². The largest absolute Gasteiger partial charge is 0.592 e. The van der Waals surface area contributed by atoms with E-state index < -0.39 is 22.2 Å². The summed E-state index contributed by atoms with van der Waals surface area (Å²) in [6.07, 6.45) is 0. The van der Waals surface area contributed by atoms with Gasteiger partial charge in [-0.2, -0.15) is 4.31 Å². The lowest BCUT2D eigenvalue weighted by Gasteiger charge is -2.43. The van der Waals surface area contributed by atoms with Gasteiger partial charge in [0.2, 0.25) is 5.96 Å². The van der Waals surface area contributed by atoms with Crippen LogP contribution in [0.2, 0.25) is 0 Å². The molecule has 0 spiro atoms. The Bertz CT molecular complexity index is 529. The molecule has 1 aromatic carbocycles. The normalized spacial score (nSPS) is 34.1. The minimum Gasteiger partial charge on any atom is -0.592 e. The topological polar surface area (TPSA) is 71.4 Å². The van der Waals surface area contributed by atoms with Crippen LogP contribution in [0.25, 0.3) is 0 Å². The second-order valence-corrected chi connectivity index (χ2v) is 6.37. The summed E-state index contributed by atoms with van der Waals surface area (Å²) in [4.78, 5) is 0. The molecular weight excluding hydrogens is 269 g/mol. The second-order valence-electron chi connectivity index (χ2n) is 4.70. The van der Waals surface area contributed by atoms with E-state index in [9.17, 15) is 8.94 Å². The highest BCUT2D eigenvalue weighted by Crippen LogP contribution is 2.39. The van der Waals surface area contributed by atoms with Crippen LogP contribution in [0.1, 0.15) is 5.56 Å². The first kappa shape index (κ1) is 12.7. The first-order valence-electron chi connectivity index (χ1n) is 5.90. The molecular formula is C12H14FN3O2S. The van der Waals surface area contributed by atoms with Crippen molar-refractivity contribution in [1.29, 1.82) is 5.41 Å². The lowest BCUT2D eigenvalue weighted by molar-refractivity contribution is 0.171. The third-order valence-corrected chi connectivity index (χ3v) is 5.42. The van der Waals surface area contributed by atoms with Crippen LogP contribution in [-0.4, -0.2) is 40.3 Å². The molecule has 3 unspecified atom stereocenters. The molecule has 0 aromatic heterocycles. The number of hydrogen-bond donors (Lipinski definition) is 2. The summed E-state index contributed by atoms with van der Waals surface area (Å²) in [7, 11) is 1.58. The first-order valence-corrected chi connectivity index (χ1v) is 7.07.